The fourth-order valence-corrected chi connectivity index (χ4v) is 1.29. The van der Waals surface area contributed by atoms with Crippen LogP contribution in [0.15, 0.2) is 6.33 Å². The lowest BCUT2D eigenvalue weighted by atomic mass is 10.4. The van der Waals surface area contributed by atoms with E-state index >= 15 is 0 Å². The van der Waals surface area contributed by atoms with Crippen LogP contribution in [0.25, 0.3) is 0 Å². The molecule has 6 nitrogen and oxygen atoms in total. The quantitative estimate of drug-likeness (QED) is 0.680. The van der Waals surface area contributed by atoms with E-state index in [2.05, 4.69) is 20.8 Å². The summed E-state index contributed by atoms with van der Waals surface area (Å²) < 4.78 is 1.94. The highest BCUT2D eigenvalue weighted by Gasteiger charge is 2.03. The van der Waals surface area contributed by atoms with E-state index in [0.29, 0.717) is 13.1 Å². The Hall–Kier alpha value is -1.43. The van der Waals surface area contributed by atoms with Gasteiger partial charge >= 0.3 is 0 Å². The van der Waals surface area contributed by atoms with Crippen LogP contribution in [0.2, 0.25) is 0 Å². The minimum atomic E-state index is 0.0180. The molecule has 0 radical (unpaired) electrons. The van der Waals surface area contributed by atoms with Crippen LogP contribution in [-0.2, 0) is 17.9 Å². The number of carbonyl (C=O) groups is 1. The van der Waals surface area contributed by atoms with Gasteiger partial charge in [0.25, 0.3) is 0 Å². The van der Waals surface area contributed by atoms with E-state index in [0.717, 1.165) is 25.3 Å². The number of amides is 1. The lowest BCUT2D eigenvalue weighted by Gasteiger charge is -2.06. The van der Waals surface area contributed by atoms with Crippen molar-refractivity contribution in [3.8, 4) is 0 Å². The first-order valence-corrected chi connectivity index (χ1v) is 5.62. The molecule has 0 unspecified atom stereocenters. The van der Waals surface area contributed by atoms with Gasteiger partial charge in [0, 0.05) is 13.1 Å². The molecule has 6 heteroatoms. The molecule has 16 heavy (non-hydrogen) atoms. The Bertz CT molecular complexity index is 323. The minimum Gasteiger partial charge on any atom is -0.355 e. The van der Waals surface area contributed by atoms with Gasteiger partial charge in [-0.05, 0) is 13.3 Å². The van der Waals surface area contributed by atoms with Crippen molar-refractivity contribution in [2.75, 3.05) is 13.1 Å². The van der Waals surface area contributed by atoms with Crippen molar-refractivity contribution < 1.29 is 4.79 Å². The summed E-state index contributed by atoms with van der Waals surface area (Å²) in [4.78, 5) is 11.3. The van der Waals surface area contributed by atoms with Crippen molar-refractivity contribution in [3.05, 3.63) is 12.2 Å². The summed E-state index contributed by atoms with van der Waals surface area (Å²) in [5, 5.41) is 13.6. The Balaban J connectivity index is 2.22. The molecule has 1 rings (SSSR count). The summed E-state index contributed by atoms with van der Waals surface area (Å²) in [6, 6.07) is 0. The number of hydrogen-bond acceptors (Lipinski definition) is 4. The van der Waals surface area contributed by atoms with Crippen LogP contribution in [0, 0.1) is 0 Å². The summed E-state index contributed by atoms with van der Waals surface area (Å²) in [6.07, 6.45) is 2.64. The van der Waals surface area contributed by atoms with Gasteiger partial charge in [-0.2, -0.15) is 0 Å². The van der Waals surface area contributed by atoms with Gasteiger partial charge in [-0.25, -0.2) is 0 Å². The number of nitrogens with zero attached hydrogens (tertiary/aromatic N) is 3. The Morgan fingerprint density at radius 1 is 1.50 bits per heavy atom. The topological polar surface area (TPSA) is 71.8 Å². The zero-order valence-corrected chi connectivity index (χ0v) is 9.86. The lowest BCUT2D eigenvalue weighted by molar-refractivity contribution is -0.120. The highest BCUT2D eigenvalue weighted by Crippen LogP contribution is 1.93. The van der Waals surface area contributed by atoms with E-state index < -0.39 is 0 Å². The summed E-state index contributed by atoms with van der Waals surface area (Å²) >= 11 is 0. The maximum absolute atomic E-state index is 11.3. The van der Waals surface area contributed by atoms with Gasteiger partial charge < -0.3 is 15.2 Å². The molecule has 1 heterocycles. The largest absolute Gasteiger partial charge is 0.355 e. The molecule has 0 spiro atoms. The maximum atomic E-state index is 11.3. The molecule has 0 saturated carbocycles. The zero-order valence-electron chi connectivity index (χ0n) is 9.86. The van der Waals surface area contributed by atoms with Crippen LogP contribution in [0.3, 0.4) is 0 Å². The van der Waals surface area contributed by atoms with Gasteiger partial charge in [-0.15, -0.1) is 10.2 Å². The van der Waals surface area contributed by atoms with Gasteiger partial charge in [0.15, 0.2) is 0 Å². The van der Waals surface area contributed by atoms with E-state index in [1.54, 1.807) is 6.33 Å². The third kappa shape index (κ3) is 3.98. The predicted molar refractivity (Wildman–Crippen MR) is 60.7 cm³/mol. The van der Waals surface area contributed by atoms with Crippen LogP contribution in [0.4, 0.5) is 0 Å². The first-order chi connectivity index (χ1) is 7.77. The standard InChI is InChI=1S/C10H19N5O/c1-3-5-12-10(16)7-11-6-9-14-13-8-15(9)4-2/h8,11H,3-7H2,1-2H3,(H,12,16). The number of carbonyl (C=O) groups excluding carboxylic acids is 1. The number of nitrogens with one attached hydrogen (secondary N) is 2. The van der Waals surface area contributed by atoms with Crippen LogP contribution >= 0.6 is 0 Å². The average molecular weight is 225 g/mol. The molecule has 0 aliphatic heterocycles. The SMILES string of the molecule is CCCNC(=O)CNCc1nncn1CC. The molecular weight excluding hydrogens is 206 g/mol. The highest BCUT2D eigenvalue weighted by atomic mass is 16.1. The fraction of sp³-hybridized carbons (Fsp3) is 0.700. The summed E-state index contributed by atoms with van der Waals surface area (Å²) in [6.45, 7) is 6.50. The third-order valence-electron chi connectivity index (χ3n) is 2.18. The molecular formula is C10H19N5O. The molecule has 0 aliphatic carbocycles. The van der Waals surface area contributed by atoms with Crippen molar-refractivity contribution in [1.82, 2.24) is 25.4 Å². The number of aryl methyl sites for hydroxylation is 1. The van der Waals surface area contributed by atoms with E-state index in [-0.39, 0.29) is 5.91 Å². The molecule has 0 fully saturated rings. The van der Waals surface area contributed by atoms with E-state index in [9.17, 15) is 4.79 Å². The van der Waals surface area contributed by atoms with Crippen molar-refractivity contribution in [2.45, 2.75) is 33.4 Å². The smallest absolute Gasteiger partial charge is 0.233 e. The fourth-order valence-electron chi connectivity index (χ4n) is 1.29. The molecule has 0 aliphatic rings. The number of hydrogen-bond donors (Lipinski definition) is 2. The second-order valence-corrected chi connectivity index (χ2v) is 3.49. The normalized spacial score (nSPS) is 10.4. The molecule has 1 aromatic heterocycles. The molecule has 90 valence electrons. The molecule has 1 amide bonds. The maximum Gasteiger partial charge on any atom is 0.233 e. The Morgan fingerprint density at radius 3 is 3.00 bits per heavy atom. The summed E-state index contributed by atoms with van der Waals surface area (Å²) in [5.74, 6) is 0.871. The third-order valence-corrected chi connectivity index (χ3v) is 2.18. The lowest BCUT2D eigenvalue weighted by Crippen LogP contribution is -2.34. The average Bonchev–Trinajstić information content (AvgIpc) is 2.74. The second kappa shape index (κ2) is 6.95. The molecule has 0 saturated heterocycles. The van der Waals surface area contributed by atoms with E-state index in [4.69, 9.17) is 0 Å². The van der Waals surface area contributed by atoms with Crippen LogP contribution in [0.5, 0.6) is 0 Å². The van der Waals surface area contributed by atoms with Gasteiger partial charge in [0.2, 0.25) is 5.91 Å². The van der Waals surface area contributed by atoms with Crippen molar-refractivity contribution in [3.63, 3.8) is 0 Å². The summed E-state index contributed by atoms with van der Waals surface area (Å²) in [7, 11) is 0. The molecule has 2 N–H and O–H groups in total. The van der Waals surface area contributed by atoms with Crippen molar-refractivity contribution in [2.24, 2.45) is 0 Å². The van der Waals surface area contributed by atoms with Gasteiger partial charge in [0.1, 0.15) is 12.2 Å². The van der Waals surface area contributed by atoms with E-state index in [1.807, 2.05) is 18.4 Å². The van der Waals surface area contributed by atoms with Crippen LogP contribution < -0.4 is 10.6 Å². The molecule has 1 aromatic rings. The van der Waals surface area contributed by atoms with Crippen molar-refractivity contribution in [1.29, 1.82) is 0 Å². The Kier molecular flexibility index (Phi) is 5.49. The van der Waals surface area contributed by atoms with Gasteiger partial charge in [-0.3, -0.25) is 4.79 Å². The van der Waals surface area contributed by atoms with Gasteiger partial charge in [-0.1, -0.05) is 6.92 Å². The highest BCUT2D eigenvalue weighted by molar-refractivity contribution is 5.77. The van der Waals surface area contributed by atoms with Crippen LogP contribution in [0.1, 0.15) is 26.1 Å². The first kappa shape index (κ1) is 12.6. The monoisotopic (exact) mass is 225 g/mol. The van der Waals surface area contributed by atoms with Crippen molar-refractivity contribution >= 4 is 5.91 Å². The molecule has 0 aromatic carbocycles. The number of rotatable bonds is 7. The summed E-state index contributed by atoms with van der Waals surface area (Å²) in [5.41, 5.74) is 0. The van der Waals surface area contributed by atoms with Gasteiger partial charge in [0.05, 0.1) is 13.1 Å². The van der Waals surface area contributed by atoms with E-state index in [1.165, 1.54) is 0 Å². The van der Waals surface area contributed by atoms with Crippen LogP contribution in [-0.4, -0.2) is 33.8 Å². The molecule has 0 bridgehead atoms. The predicted octanol–water partition coefficient (Wildman–Crippen LogP) is -0.0862. The first-order valence-electron chi connectivity index (χ1n) is 5.62. The zero-order chi connectivity index (χ0) is 11.8. The Labute approximate surface area is 95.4 Å². The number of aromatic nitrogens is 3. The Morgan fingerprint density at radius 2 is 2.31 bits per heavy atom. The second-order valence-electron chi connectivity index (χ2n) is 3.49. The molecule has 0 atom stereocenters. The minimum absolute atomic E-state index is 0.0180.